The van der Waals surface area contributed by atoms with E-state index >= 15 is 0 Å². The Morgan fingerprint density at radius 2 is 1.00 bits per heavy atom. The van der Waals surface area contributed by atoms with Crippen molar-refractivity contribution in [2.24, 2.45) is 31.9 Å². The minimum absolute atomic E-state index is 0.0373. The molecule has 30 nitrogen and oxygen atoms in total. The van der Waals surface area contributed by atoms with E-state index in [1.54, 1.807) is 36.7 Å². The van der Waals surface area contributed by atoms with Crippen LogP contribution in [0.1, 0.15) is 109 Å². The van der Waals surface area contributed by atoms with Gasteiger partial charge >= 0.3 is 35.8 Å². The Morgan fingerprint density at radius 1 is 0.595 bits per heavy atom. The Morgan fingerprint density at radius 3 is 1.38 bits per heavy atom. The molecule has 4 aromatic carbocycles. The van der Waals surface area contributed by atoms with Crippen LogP contribution in [0.5, 0.6) is 23.0 Å². The van der Waals surface area contributed by atoms with E-state index in [0.29, 0.717) is 11.3 Å². The third-order valence-electron chi connectivity index (χ3n) is 10.6. The predicted molar refractivity (Wildman–Crippen MR) is 304 cm³/mol. The monoisotopic (exact) mass is 1180 g/mol. The number of carbonyl (C=O) groups is 6. The number of hydrogen-bond acceptors (Lipinski definition) is 20. The molecular weight excluding hydrogens is 1100 g/mol. The Kier molecular flexibility index (Phi) is 26.7. The molecule has 0 radical (unpaired) electrons. The molecule has 1 saturated heterocycles. The van der Waals surface area contributed by atoms with E-state index in [1.165, 1.54) is 5.12 Å². The molecule has 3 atom stereocenters. The molecule has 17 N–H and O–H groups in total. The number of rotatable bonds is 28. The van der Waals surface area contributed by atoms with Crippen molar-refractivity contribution in [2.75, 3.05) is 0 Å². The number of nitrogens with zero attached hydrogens (tertiary/aromatic N) is 5. The molecule has 4 aromatic rings. The molecule has 0 saturated carbocycles. The number of ether oxygens (including phenoxy) is 4. The van der Waals surface area contributed by atoms with E-state index in [1.807, 2.05) is 128 Å². The summed E-state index contributed by atoms with van der Waals surface area (Å²) in [6.07, 6.45) is -1.81. The topological polar surface area (TPSA) is 466 Å². The van der Waals surface area contributed by atoms with Crippen LogP contribution in [-0.4, -0.2) is 148 Å². The number of hydrogen-bond donors (Lipinski definition) is 15. The summed E-state index contributed by atoms with van der Waals surface area (Å²) < 4.78 is 22.5. The standard InChI is InChI=1S/C27H37N7O9.C21H27N5O2.C6H8O7/c1-14(2)42-18-9-5-16(6-10-18)22(29-21(24(37)38)27(41,25(39)40)13-20(35)36)30-31-26(28)34-32-23(33-34)17-7-11-19(12-8-17)43-15(3)4;1-15(2)27-19-9-5-17(6-10-19)13-23-25-21(22)26-24-14-18-7-11-20(12-8-18)28-16(3)4;7-3(8)1-6(13,5(11)12)2-4(9)10/h5-12,14-15,21-23,29-30,32-33,41H,13H2,1-4H3,(H2,28,31)(H,35,36)(H,37,38)(H,39,40);5-16H,1-4H3,(H3,22,25,26);13H,1-2H2,(H,7,8)(H,9,10)(H,11,12). The van der Waals surface area contributed by atoms with E-state index in [9.17, 15) is 44.1 Å². The zero-order valence-electron chi connectivity index (χ0n) is 47.1. The SMILES string of the molecule is CC(C)Oc1ccc(C(NN=C(N)N2NC(c3ccc(OC(C)C)cc3)N2)NC(C(=O)O)C(O)(CC(=O)O)C(=O)O)cc1.CC(C)Oc1ccc(C=NN=C(N)NN=Cc2ccc(OC(C)C)cc2)cc1.O=C(O)CC(O)(CC(=O)O)C(=O)O. The van der Waals surface area contributed by atoms with Crippen molar-refractivity contribution < 1.29 is 88.6 Å². The summed E-state index contributed by atoms with van der Waals surface area (Å²) >= 11 is 0. The van der Waals surface area contributed by atoms with Gasteiger partial charge in [-0.2, -0.15) is 21.1 Å². The van der Waals surface area contributed by atoms with Crippen LogP contribution in [-0.2, 0) is 28.8 Å². The molecule has 1 heterocycles. The summed E-state index contributed by atoms with van der Waals surface area (Å²) in [5.74, 6) is -7.77. The number of aliphatic hydroxyl groups is 2. The number of nitrogens with two attached hydrogens (primary N) is 2. The fourth-order valence-corrected chi connectivity index (χ4v) is 6.94. The van der Waals surface area contributed by atoms with Crippen LogP contribution in [0.3, 0.4) is 0 Å². The van der Waals surface area contributed by atoms with Gasteiger partial charge in [-0.15, -0.1) is 10.2 Å². The van der Waals surface area contributed by atoms with Crippen LogP contribution >= 0.6 is 0 Å². The Bertz CT molecular complexity index is 2900. The van der Waals surface area contributed by atoms with Gasteiger partial charge in [-0.25, -0.2) is 20.1 Å². The minimum Gasteiger partial charge on any atom is -0.491 e. The van der Waals surface area contributed by atoms with Crippen LogP contribution in [0.4, 0.5) is 0 Å². The van der Waals surface area contributed by atoms with Crippen molar-refractivity contribution in [1.82, 2.24) is 32.1 Å². The number of nitrogens with one attached hydrogen (secondary N) is 5. The molecule has 1 aliphatic heterocycles. The second-order valence-corrected chi connectivity index (χ2v) is 19.3. The van der Waals surface area contributed by atoms with Crippen LogP contribution in [0.25, 0.3) is 0 Å². The lowest BCUT2D eigenvalue weighted by atomic mass is 9.90. The maximum Gasteiger partial charge on any atom is 0.338 e. The van der Waals surface area contributed by atoms with Gasteiger partial charge in [0.1, 0.15) is 41.4 Å². The summed E-state index contributed by atoms with van der Waals surface area (Å²) in [6.45, 7) is 15.5. The molecule has 0 amide bonds. The Labute approximate surface area is 482 Å². The fraction of sp³-hybridized carbons (Fsp3) is 0.370. The summed E-state index contributed by atoms with van der Waals surface area (Å²) in [4.78, 5) is 65.7. The number of benzene rings is 4. The largest absolute Gasteiger partial charge is 0.491 e. The Hall–Kier alpha value is -9.62. The average Bonchev–Trinajstić information content (AvgIpc) is 2.33. The van der Waals surface area contributed by atoms with Gasteiger partial charge in [-0.3, -0.25) is 29.9 Å². The van der Waals surface area contributed by atoms with Gasteiger partial charge in [0.25, 0.3) is 0 Å². The summed E-state index contributed by atoms with van der Waals surface area (Å²) in [6, 6.07) is 26.5. The number of hydrazone groups is 2. The summed E-state index contributed by atoms with van der Waals surface area (Å²) in [5.41, 5.74) is 20.2. The van der Waals surface area contributed by atoms with Crippen LogP contribution in [0.15, 0.2) is 117 Å². The number of hydrazine groups is 2. The molecule has 1 aliphatic rings. The number of guanidine groups is 2. The van der Waals surface area contributed by atoms with Crippen molar-refractivity contribution in [3.8, 4) is 23.0 Å². The maximum absolute atomic E-state index is 12.1. The number of carboxylic acid groups (broad SMARTS) is 6. The predicted octanol–water partition coefficient (Wildman–Crippen LogP) is 2.72. The van der Waals surface area contributed by atoms with Crippen LogP contribution in [0, 0.1) is 0 Å². The van der Waals surface area contributed by atoms with Gasteiger partial charge in [0.2, 0.25) is 11.9 Å². The molecule has 0 bridgehead atoms. The zero-order valence-corrected chi connectivity index (χ0v) is 47.1. The highest BCUT2D eigenvalue weighted by Crippen LogP contribution is 2.25. The molecule has 0 spiro atoms. The van der Waals surface area contributed by atoms with Gasteiger partial charge in [0.15, 0.2) is 11.2 Å². The highest BCUT2D eigenvalue weighted by Gasteiger charge is 2.51. The number of carboxylic acids is 6. The van der Waals surface area contributed by atoms with Crippen molar-refractivity contribution in [2.45, 2.75) is 129 Å². The highest BCUT2D eigenvalue weighted by molar-refractivity contribution is 5.92. The molecule has 30 heteroatoms. The first kappa shape index (κ1) is 68.7. The maximum atomic E-state index is 12.1. The van der Waals surface area contributed by atoms with Crippen LogP contribution in [0.2, 0.25) is 0 Å². The summed E-state index contributed by atoms with van der Waals surface area (Å²) in [7, 11) is 0. The van der Waals surface area contributed by atoms with Crippen molar-refractivity contribution in [3.63, 3.8) is 0 Å². The zero-order chi connectivity index (χ0) is 62.9. The van der Waals surface area contributed by atoms with Gasteiger partial charge in [0, 0.05) is 0 Å². The first-order valence-corrected chi connectivity index (χ1v) is 25.6. The van der Waals surface area contributed by atoms with Gasteiger partial charge in [-0.1, -0.05) is 24.3 Å². The molecular formula is C54H72N12O18. The molecule has 0 aromatic heterocycles. The smallest absolute Gasteiger partial charge is 0.338 e. The molecule has 0 aliphatic carbocycles. The van der Waals surface area contributed by atoms with E-state index in [2.05, 4.69) is 47.4 Å². The lowest BCUT2D eigenvalue weighted by Gasteiger charge is -2.41. The quantitative estimate of drug-likeness (QED) is 0.0168. The third kappa shape index (κ3) is 23.8. The summed E-state index contributed by atoms with van der Waals surface area (Å²) in [5, 5.41) is 92.7. The van der Waals surface area contributed by atoms with Crippen molar-refractivity contribution in [3.05, 3.63) is 119 Å². The lowest BCUT2D eigenvalue weighted by Crippen LogP contribution is -2.69. The van der Waals surface area contributed by atoms with E-state index in [4.69, 9.17) is 55.9 Å². The molecule has 3 unspecified atom stereocenters. The molecule has 1 fully saturated rings. The van der Waals surface area contributed by atoms with Gasteiger partial charge in [-0.05, 0) is 150 Å². The molecule has 5 rings (SSSR count). The second-order valence-electron chi connectivity index (χ2n) is 19.3. The lowest BCUT2D eigenvalue weighted by molar-refractivity contribution is -0.175. The minimum atomic E-state index is -3.21. The third-order valence-corrected chi connectivity index (χ3v) is 10.6. The van der Waals surface area contributed by atoms with Crippen LogP contribution < -0.4 is 57.4 Å². The average molecular weight is 1180 g/mol. The van der Waals surface area contributed by atoms with Crippen molar-refractivity contribution in [1.29, 1.82) is 0 Å². The normalized spacial score (nSPS) is 14.3. The first-order valence-electron chi connectivity index (χ1n) is 25.6. The second kappa shape index (κ2) is 32.7. The number of aliphatic carboxylic acids is 6. The van der Waals surface area contributed by atoms with E-state index in [0.717, 1.165) is 33.9 Å². The fourth-order valence-electron chi connectivity index (χ4n) is 6.94. The first-order chi connectivity index (χ1) is 39.4. The molecule has 456 valence electrons. The Balaban J connectivity index is 0.000000384. The van der Waals surface area contributed by atoms with Crippen molar-refractivity contribution >= 4 is 60.2 Å². The van der Waals surface area contributed by atoms with Gasteiger partial charge < -0.3 is 71.3 Å². The van der Waals surface area contributed by atoms with Gasteiger partial charge in [0.05, 0.1) is 56.1 Å². The molecule has 84 heavy (non-hydrogen) atoms. The van der Waals surface area contributed by atoms with E-state index < -0.39 is 78.5 Å². The van der Waals surface area contributed by atoms with E-state index in [-0.39, 0.29) is 42.5 Å². The highest BCUT2D eigenvalue weighted by atomic mass is 16.5.